The van der Waals surface area contributed by atoms with Crippen LogP contribution in [0.25, 0.3) is 0 Å². The molecule has 0 unspecified atom stereocenters. The largest absolute Gasteiger partial charge is 0.350 e. The van der Waals surface area contributed by atoms with Crippen molar-refractivity contribution < 1.29 is 14.4 Å². The Hall–Kier alpha value is -3.46. The molecule has 3 N–H and O–H groups in total. The lowest BCUT2D eigenvalue weighted by atomic mass is 10.0. The summed E-state index contributed by atoms with van der Waals surface area (Å²) in [7, 11) is 0. The van der Waals surface area contributed by atoms with Crippen molar-refractivity contribution in [1.82, 2.24) is 30.7 Å². The Balaban J connectivity index is 1.49. The Morgan fingerprint density at radius 3 is 2.60 bits per heavy atom. The van der Waals surface area contributed by atoms with Crippen molar-refractivity contribution in [3.05, 3.63) is 65.5 Å². The summed E-state index contributed by atoms with van der Waals surface area (Å²) < 4.78 is 0. The maximum atomic E-state index is 13.6. The van der Waals surface area contributed by atoms with Gasteiger partial charge in [-0.3, -0.25) is 19.5 Å². The number of hydrogen-bond acceptors (Lipinski definition) is 5. The molecule has 4 amide bonds. The van der Waals surface area contributed by atoms with E-state index in [1.165, 1.54) is 0 Å². The van der Waals surface area contributed by atoms with Crippen LogP contribution in [0.2, 0.25) is 0 Å². The number of hydrogen-bond donors (Lipinski definition) is 3. The van der Waals surface area contributed by atoms with Gasteiger partial charge in [-0.2, -0.15) is 0 Å². The normalized spacial score (nSPS) is 22.1. The summed E-state index contributed by atoms with van der Waals surface area (Å²) in [6, 6.07) is 12.1. The predicted octanol–water partition coefficient (Wildman–Crippen LogP) is 1.68. The number of fused-ring (bicyclic) bond motifs is 1. The van der Waals surface area contributed by atoms with Gasteiger partial charge in [0.25, 0.3) is 5.91 Å². The lowest BCUT2D eigenvalue weighted by Gasteiger charge is -2.42. The molecule has 2 fully saturated rings. The topological polar surface area (TPSA) is 107 Å². The third-order valence-electron chi connectivity index (χ3n) is 6.59. The third kappa shape index (κ3) is 5.97. The van der Waals surface area contributed by atoms with E-state index in [-0.39, 0.29) is 42.5 Å². The molecular weight excluding hydrogens is 444 g/mol. The number of piperazine rings is 1. The van der Waals surface area contributed by atoms with Gasteiger partial charge in [-0.1, -0.05) is 24.3 Å². The molecule has 3 atom stereocenters. The summed E-state index contributed by atoms with van der Waals surface area (Å²) in [6.07, 6.45) is 2.45. The van der Waals surface area contributed by atoms with Gasteiger partial charge in [-0.25, -0.2) is 4.79 Å². The molecule has 0 radical (unpaired) electrons. The van der Waals surface area contributed by atoms with Crippen molar-refractivity contribution in [2.75, 3.05) is 19.6 Å². The number of carbonyl (C=O) groups is 3. The predicted molar refractivity (Wildman–Crippen MR) is 133 cm³/mol. The van der Waals surface area contributed by atoms with Crippen LogP contribution < -0.4 is 16.0 Å². The molecule has 0 aliphatic carbocycles. The lowest BCUT2D eigenvalue weighted by molar-refractivity contribution is -0.143. The van der Waals surface area contributed by atoms with Crippen LogP contribution in [-0.2, 0) is 11.3 Å². The van der Waals surface area contributed by atoms with Crippen molar-refractivity contribution in [1.29, 1.82) is 0 Å². The van der Waals surface area contributed by atoms with Gasteiger partial charge in [0, 0.05) is 50.0 Å². The zero-order valence-electron chi connectivity index (χ0n) is 20.5. The van der Waals surface area contributed by atoms with Gasteiger partial charge in [0.2, 0.25) is 5.91 Å². The summed E-state index contributed by atoms with van der Waals surface area (Å²) >= 11 is 0. The highest BCUT2D eigenvalue weighted by Crippen LogP contribution is 2.27. The highest BCUT2D eigenvalue weighted by Gasteiger charge is 2.45. The van der Waals surface area contributed by atoms with Crippen molar-refractivity contribution in [2.24, 2.45) is 0 Å². The molecule has 9 heteroatoms. The average molecular weight is 479 g/mol. The molecule has 0 bridgehead atoms. The van der Waals surface area contributed by atoms with E-state index in [4.69, 9.17) is 0 Å². The quantitative estimate of drug-likeness (QED) is 0.562. The van der Waals surface area contributed by atoms with Gasteiger partial charge in [0.15, 0.2) is 0 Å². The molecule has 1 aromatic heterocycles. The molecule has 0 spiro atoms. The Morgan fingerprint density at radius 1 is 1.11 bits per heavy atom. The smallest absolute Gasteiger partial charge is 0.315 e. The van der Waals surface area contributed by atoms with Crippen LogP contribution >= 0.6 is 0 Å². The van der Waals surface area contributed by atoms with Crippen LogP contribution in [0.15, 0.2) is 48.7 Å². The number of benzene rings is 1. The van der Waals surface area contributed by atoms with Crippen molar-refractivity contribution in [3.8, 4) is 0 Å². The molecule has 2 aliphatic rings. The molecule has 35 heavy (non-hydrogen) atoms. The van der Waals surface area contributed by atoms with Gasteiger partial charge in [0.1, 0.15) is 6.04 Å². The van der Waals surface area contributed by atoms with E-state index in [0.29, 0.717) is 31.6 Å². The van der Waals surface area contributed by atoms with E-state index < -0.39 is 6.04 Å². The van der Waals surface area contributed by atoms with Crippen LogP contribution in [0, 0.1) is 6.92 Å². The van der Waals surface area contributed by atoms with Crippen LogP contribution in [0.4, 0.5) is 4.79 Å². The van der Waals surface area contributed by atoms with E-state index >= 15 is 0 Å². The fraction of sp³-hybridized carbons (Fsp3) is 0.462. The monoisotopic (exact) mass is 478 g/mol. The standard InChI is InChI=1S/C26H34N6O3/c1-17(2)29-26(35)30-20-12-21-15-31(16-22-18(3)8-7-11-27-22)23(25(34)32(21)14-20)13-28-24(33)19-9-5-4-6-10-19/h4-11,17,20-21,23H,12-16H2,1-3H3,(H,28,33)(H2,29,30,35)/t20-,21-,23-/m0/s1. The fourth-order valence-electron chi connectivity index (χ4n) is 4.85. The molecule has 0 saturated carbocycles. The number of carbonyl (C=O) groups excluding carboxylic acids is 3. The molecule has 2 saturated heterocycles. The SMILES string of the molecule is Cc1cccnc1CN1C[C@@H]2C[C@H](NC(=O)NC(C)C)CN2C(=O)[C@@H]1CNC(=O)c1ccccc1. The second-order valence-corrected chi connectivity index (χ2v) is 9.64. The summed E-state index contributed by atoms with van der Waals surface area (Å²) in [5.41, 5.74) is 2.53. The molecule has 4 rings (SSSR count). The number of urea groups is 1. The van der Waals surface area contributed by atoms with Gasteiger partial charge < -0.3 is 20.9 Å². The number of aryl methyl sites for hydroxylation is 1. The number of aromatic nitrogens is 1. The molecule has 9 nitrogen and oxygen atoms in total. The third-order valence-corrected chi connectivity index (χ3v) is 6.59. The minimum Gasteiger partial charge on any atom is -0.350 e. The number of pyridine rings is 1. The Morgan fingerprint density at radius 2 is 1.89 bits per heavy atom. The summed E-state index contributed by atoms with van der Waals surface area (Å²) in [5, 5.41) is 8.80. The van der Waals surface area contributed by atoms with Crippen molar-refractivity contribution in [3.63, 3.8) is 0 Å². The zero-order chi connectivity index (χ0) is 24.9. The van der Waals surface area contributed by atoms with Gasteiger partial charge >= 0.3 is 6.03 Å². The second-order valence-electron chi connectivity index (χ2n) is 9.64. The molecular formula is C26H34N6O3. The molecule has 186 valence electrons. The van der Waals surface area contributed by atoms with Crippen LogP contribution in [0.1, 0.15) is 41.9 Å². The highest BCUT2D eigenvalue weighted by molar-refractivity contribution is 5.94. The molecule has 2 aromatic rings. The molecule has 1 aromatic carbocycles. The maximum Gasteiger partial charge on any atom is 0.315 e. The summed E-state index contributed by atoms with van der Waals surface area (Å²) in [5.74, 6) is -0.238. The molecule has 3 heterocycles. The highest BCUT2D eigenvalue weighted by atomic mass is 16.2. The van der Waals surface area contributed by atoms with Crippen LogP contribution in [0.5, 0.6) is 0 Å². The van der Waals surface area contributed by atoms with E-state index in [2.05, 4.69) is 25.8 Å². The first-order valence-electron chi connectivity index (χ1n) is 12.2. The number of rotatable bonds is 7. The first kappa shape index (κ1) is 24.7. The van der Waals surface area contributed by atoms with Crippen molar-refractivity contribution in [2.45, 2.75) is 57.9 Å². The Kier molecular flexibility index (Phi) is 7.65. The fourth-order valence-corrected chi connectivity index (χ4v) is 4.85. The second kappa shape index (κ2) is 10.9. The Bertz CT molecular complexity index is 1060. The van der Waals surface area contributed by atoms with E-state index in [1.54, 1.807) is 18.3 Å². The van der Waals surface area contributed by atoms with Gasteiger partial charge in [0.05, 0.1) is 11.7 Å². The van der Waals surface area contributed by atoms with Crippen molar-refractivity contribution >= 4 is 17.8 Å². The first-order chi connectivity index (χ1) is 16.8. The number of nitrogens with zero attached hydrogens (tertiary/aromatic N) is 3. The maximum absolute atomic E-state index is 13.6. The molecule has 2 aliphatic heterocycles. The van der Waals surface area contributed by atoms with E-state index in [9.17, 15) is 14.4 Å². The van der Waals surface area contributed by atoms with E-state index in [1.807, 2.05) is 56.0 Å². The van der Waals surface area contributed by atoms with Crippen LogP contribution in [-0.4, -0.2) is 76.4 Å². The lowest BCUT2D eigenvalue weighted by Crippen LogP contribution is -2.62. The zero-order valence-corrected chi connectivity index (χ0v) is 20.5. The summed E-state index contributed by atoms with van der Waals surface area (Å²) in [6.45, 7) is 7.66. The minimum atomic E-state index is -0.511. The Labute approximate surface area is 206 Å². The first-order valence-corrected chi connectivity index (χ1v) is 12.2. The van der Waals surface area contributed by atoms with Gasteiger partial charge in [-0.05, 0) is 51.0 Å². The number of amides is 4. The summed E-state index contributed by atoms with van der Waals surface area (Å²) in [4.78, 5) is 47.0. The average Bonchev–Trinajstić information content (AvgIpc) is 3.22. The van der Waals surface area contributed by atoms with E-state index in [0.717, 1.165) is 11.3 Å². The van der Waals surface area contributed by atoms with Gasteiger partial charge in [-0.15, -0.1) is 0 Å². The van der Waals surface area contributed by atoms with Crippen LogP contribution in [0.3, 0.4) is 0 Å². The minimum absolute atomic E-state index is 0.00283. The number of nitrogens with one attached hydrogen (secondary N) is 3.